The third-order valence-corrected chi connectivity index (χ3v) is 7.15. The summed E-state index contributed by atoms with van der Waals surface area (Å²) in [6.07, 6.45) is 19.9. The second-order valence-electron chi connectivity index (χ2n) is 9.52. The predicted molar refractivity (Wildman–Crippen MR) is 138 cm³/mol. The maximum Gasteiger partial charge on any atom is 0.115 e. The SMILES string of the molecule is CCCCCCCCCCCCCCCC(CC)(c1ccc(O)cc1)c1ccc(O)cc1. The van der Waals surface area contributed by atoms with E-state index in [9.17, 15) is 10.2 Å². The van der Waals surface area contributed by atoms with Crippen LogP contribution in [0.4, 0.5) is 0 Å². The molecule has 0 heterocycles. The Morgan fingerprint density at radius 3 is 1.19 bits per heavy atom. The Balaban J connectivity index is 1.78. The summed E-state index contributed by atoms with van der Waals surface area (Å²) in [4.78, 5) is 0. The van der Waals surface area contributed by atoms with Gasteiger partial charge < -0.3 is 10.2 Å². The predicted octanol–water partition coefficient (Wildman–Crippen LogP) is 9.28. The van der Waals surface area contributed by atoms with Crippen LogP contribution in [0.15, 0.2) is 48.5 Å². The van der Waals surface area contributed by atoms with Crippen LogP contribution in [0.1, 0.15) is 121 Å². The van der Waals surface area contributed by atoms with E-state index in [0.717, 1.165) is 12.8 Å². The molecular formula is C30H46O2. The minimum atomic E-state index is -0.0703. The Kier molecular flexibility index (Phi) is 12.3. The van der Waals surface area contributed by atoms with E-state index in [-0.39, 0.29) is 5.41 Å². The Labute approximate surface area is 197 Å². The molecule has 2 aromatic rings. The zero-order valence-corrected chi connectivity index (χ0v) is 20.6. The zero-order chi connectivity index (χ0) is 23.1. The van der Waals surface area contributed by atoms with Gasteiger partial charge in [-0.15, -0.1) is 0 Å². The van der Waals surface area contributed by atoms with Crippen LogP contribution in [0.2, 0.25) is 0 Å². The van der Waals surface area contributed by atoms with Crippen LogP contribution in [-0.4, -0.2) is 10.2 Å². The molecule has 2 rings (SSSR count). The highest BCUT2D eigenvalue weighted by Gasteiger charge is 2.32. The van der Waals surface area contributed by atoms with Crippen molar-refractivity contribution in [3.05, 3.63) is 59.7 Å². The van der Waals surface area contributed by atoms with Gasteiger partial charge in [-0.05, 0) is 48.2 Å². The minimum Gasteiger partial charge on any atom is -0.508 e. The molecule has 0 saturated carbocycles. The Bertz CT molecular complexity index is 672. The standard InChI is InChI=1S/C30H46O2/c1-3-5-6-7-8-9-10-11-12-13-14-15-16-25-30(4-2,26-17-21-28(31)22-18-26)27-19-23-29(32)24-20-27/h17-24,31-32H,3-16,25H2,1-2H3. The van der Waals surface area contributed by atoms with Crippen molar-refractivity contribution in [2.45, 2.75) is 116 Å². The molecule has 32 heavy (non-hydrogen) atoms. The van der Waals surface area contributed by atoms with Crippen molar-refractivity contribution in [1.82, 2.24) is 0 Å². The number of hydrogen-bond donors (Lipinski definition) is 2. The number of phenols is 2. The first-order valence-corrected chi connectivity index (χ1v) is 13.2. The summed E-state index contributed by atoms with van der Waals surface area (Å²) in [7, 11) is 0. The molecule has 0 unspecified atom stereocenters. The van der Waals surface area contributed by atoms with Gasteiger partial charge in [-0.25, -0.2) is 0 Å². The lowest BCUT2D eigenvalue weighted by molar-refractivity contribution is 0.421. The lowest BCUT2D eigenvalue weighted by Crippen LogP contribution is -2.27. The molecule has 2 aromatic carbocycles. The summed E-state index contributed by atoms with van der Waals surface area (Å²) >= 11 is 0. The first-order valence-electron chi connectivity index (χ1n) is 13.2. The van der Waals surface area contributed by atoms with Crippen molar-refractivity contribution in [1.29, 1.82) is 0 Å². The van der Waals surface area contributed by atoms with Gasteiger partial charge in [0.2, 0.25) is 0 Å². The van der Waals surface area contributed by atoms with Crippen LogP contribution in [0.25, 0.3) is 0 Å². The third-order valence-electron chi connectivity index (χ3n) is 7.15. The lowest BCUT2D eigenvalue weighted by Gasteiger charge is -2.34. The van der Waals surface area contributed by atoms with Crippen molar-refractivity contribution in [2.75, 3.05) is 0 Å². The first kappa shape index (κ1) is 26.3. The van der Waals surface area contributed by atoms with Crippen LogP contribution < -0.4 is 0 Å². The van der Waals surface area contributed by atoms with Crippen molar-refractivity contribution in [2.24, 2.45) is 0 Å². The molecule has 0 aliphatic heterocycles. The highest BCUT2D eigenvalue weighted by molar-refractivity contribution is 5.42. The zero-order valence-electron chi connectivity index (χ0n) is 20.6. The van der Waals surface area contributed by atoms with E-state index in [4.69, 9.17) is 0 Å². The van der Waals surface area contributed by atoms with Crippen molar-refractivity contribution in [3.8, 4) is 11.5 Å². The van der Waals surface area contributed by atoms with E-state index in [2.05, 4.69) is 38.1 Å². The lowest BCUT2D eigenvalue weighted by atomic mass is 9.69. The molecule has 2 nitrogen and oxygen atoms in total. The molecule has 0 aliphatic rings. The van der Waals surface area contributed by atoms with Crippen LogP contribution in [-0.2, 0) is 5.41 Å². The van der Waals surface area contributed by atoms with Gasteiger partial charge in [-0.2, -0.15) is 0 Å². The van der Waals surface area contributed by atoms with E-state index < -0.39 is 0 Å². The largest absolute Gasteiger partial charge is 0.508 e. The fraction of sp³-hybridized carbons (Fsp3) is 0.600. The summed E-state index contributed by atoms with van der Waals surface area (Å²) in [5.41, 5.74) is 2.43. The van der Waals surface area contributed by atoms with Gasteiger partial charge in [0.15, 0.2) is 0 Å². The van der Waals surface area contributed by atoms with Crippen LogP contribution in [0.3, 0.4) is 0 Å². The number of benzene rings is 2. The molecule has 0 spiro atoms. The van der Waals surface area contributed by atoms with Gasteiger partial charge in [0.05, 0.1) is 0 Å². The number of hydrogen-bond acceptors (Lipinski definition) is 2. The molecule has 2 N–H and O–H groups in total. The summed E-state index contributed by atoms with van der Waals surface area (Å²) in [5, 5.41) is 19.5. The maximum atomic E-state index is 9.77. The maximum absolute atomic E-state index is 9.77. The Morgan fingerprint density at radius 2 is 0.844 bits per heavy atom. The van der Waals surface area contributed by atoms with E-state index >= 15 is 0 Å². The summed E-state index contributed by atoms with van der Waals surface area (Å²) in [6.45, 7) is 4.53. The average Bonchev–Trinajstić information content (AvgIpc) is 2.81. The van der Waals surface area contributed by atoms with Gasteiger partial charge in [0.25, 0.3) is 0 Å². The highest BCUT2D eigenvalue weighted by atomic mass is 16.3. The molecule has 178 valence electrons. The quantitative estimate of drug-likeness (QED) is 0.242. The smallest absolute Gasteiger partial charge is 0.115 e. The van der Waals surface area contributed by atoms with Crippen molar-refractivity contribution < 1.29 is 10.2 Å². The molecule has 2 heteroatoms. The number of unbranched alkanes of at least 4 members (excludes halogenated alkanes) is 12. The van der Waals surface area contributed by atoms with Crippen molar-refractivity contribution in [3.63, 3.8) is 0 Å². The topological polar surface area (TPSA) is 40.5 Å². The van der Waals surface area contributed by atoms with Gasteiger partial charge in [0, 0.05) is 5.41 Å². The van der Waals surface area contributed by atoms with E-state index in [1.807, 2.05) is 0 Å². The molecule has 0 amide bonds. The molecule has 0 bridgehead atoms. The van der Waals surface area contributed by atoms with Gasteiger partial charge in [-0.3, -0.25) is 0 Å². The van der Waals surface area contributed by atoms with E-state index in [0.29, 0.717) is 11.5 Å². The molecule has 0 atom stereocenters. The van der Waals surface area contributed by atoms with E-state index in [1.165, 1.54) is 94.6 Å². The van der Waals surface area contributed by atoms with Gasteiger partial charge in [0.1, 0.15) is 11.5 Å². The molecule has 0 aliphatic carbocycles. The fourth-order valence-electron chi connectivity index (χ4n) is 5.05. The van der Waals surface area contributed by atoms with E-state index in [1.54, 1.807) is 24.3 Å². The normalized spacial score (nSPS) is 11.7. The van der Waals surface area contributed by atoms with Crippen molar-refractivity contribution >= 4 is 0 Å². The van der Waals surface area contributed by atoms with Crippen LogP contribution in [0, 0.1) is 0 Å². The van der Waals surface area contributed by atoms with Crippen LogP contribution in [0.5, 0.6) is 11.5 Å². The summed E-state index contributed by atoms with van der Waals surface area (Å²) in [6, 6.07) is 15.4. The minimum absolute atomic E-state index is 0.0703. The number of rotatable bonds is 17. The fourth-order valence-corrected chi connectivity index (χ4v) is 5.05. The summed E-state index contributed by atoms with van der Waals surface area (Å²) < 4.78 is 0. The summed E-state index contributed by atoms with van der Waals surface area (Å²) in [5.74, 6) is 0.621. The third kappa shape index (κ3) is 8.52. The monoisotopic (exact) mass is 438 g/mol. The molecule has 0 aromatic heterocycles. The van der Waals surface area contributed by atoms with Gasteiger partial charge in [-0.1, -0.05) is 122 Å². The Hall–Kier alpha value is -1.96. The Morgan fingerprint density at radius 1 is 0.500 bits per heavy atom. The molecule has 0 fully saturated rings. The number of aromatic hydroxyl groups is 2. The second kappa shape index (κ2) is 15.0. The molecular weight excluding hydrogens is 392 g/mol. The highest BCUT2D eigenvalue weighted by Crippen LogP contribution is 2.41. The molecule has 0 saturated heterocycles. The second-order valence-corrected chi connectivity index (χ2v) is 9.52. The average molecular weight is 439 g/mol. The molecule has 0 radical (unpaired) electrons. The van der Waals surface area contributed by atoms with Gasteiger partial charge >= 0.3 is 0 Å². The number of phenolic OH excluding ortho intramolecular Hbond substituents is 2. The van der Waals surface area contributed by atoms with Crippen LogP contribution >= 0.6 is 0 Å². The first-order chi connectivity index (χ1) is 15.6.